The summed E-state index contributed by atoms with van der Waals surface area (Å²) in [5, 5.41) is 16.9. The minimum absolute atomic E-state index is 0. The van der Waals surface area contributed by atoms with Crippen molar-refractivity contribution in [2.45, 2.75) is 88.5 Å². The summed E-state index contributed by atoms with van der Waals surface area (Å²) in [4.78, 5) is 75.2. The monoisotopic (exact) mass is 749 g/mol. The second-order valence-electron chi connectivity index (χ2n) is 11.7. The Balaban J connectivity index is 0.000000746. The average molecular weight is 750 g/mol. The number of fused-ring (bicyclic) bond motifs is 2. The van der Waals surface area contributed by atoms with E-state index in [4.69, 9.17) is 5.11 Å². The van der Waals surface area contributed by atoms with Gasteiger partial charge in [-0.05, 0) is 90.8 Å². The Hall–Kier alpha value is -4.71. The largest absolute Gasteiger partial charge is 0.397 e. The van der Waals surface area contributed by atoms with Crippen molar-refractivity contribution in [3.63, 3.8) is 0 Å². The molecule has 4 aromatic rings. The molecule has 0 unspecified atom stereocenters. The van der Waals surface area contributed by atoms with Gasteiger partial charge in [-0.2, -0.15) is 0 Å². The number of rotatable bonds is 8. The topological polar surface area (TPSA) is 152 Å². The molecule has 2 aromatic carbocycles. The maximum absolute atomic E-state index is 12.3. The molecular weight excluding hydrogens is 699 g/mol. The fourth-order valence-corrected chi connectivity index (χ4v) is 7.14. The first-order valence-corrected chi connectivity index (χ1v) is 17.9. The van der Waals surface area contributed by atoms with Gasteiger partial charge in [-0.3, -0.25) is 33.6 Å². The smallest absolute Gasteiger partial charge is 0.158 e. The highest BCUT2D eigenvalue weighted by molar-refractivity contribution is 7.17. The number of Topliss-reactive ketones (excluding diaryl/α,β-unsaturated/α-hetero) is 6. The number of carbonyl (C=O) groups excluding carboxylic acids is 7. The predicted molar refractivity (Wildman–Crippen MR) is 213 cm³/mol. The van der Waals surface area contributed by atoms with Crippen LogP contribution in [0, 0.1) is 0 Å². The normalized spacial score (nSPS) is 11.8. The van der Waals surface area contributed by atoms with E-state index in [0.29, 0.717) is 11.1 Å². The lowest BCUT2D eigenvalue weighted by Crippen LogP contribution is -2.29. The van der Waals surface area contributed by atoms with E-state index >= 15 is 0 Å². The highest BCUT2D eigenvalue weighted by Gasteiger charge is 2.34. The van der Waals surface area contributed by atoms with Gasteiger partial charge in [0.2, 0.25) is 0 Å². The van der Waals surface area contributed by atoms with Crippen LogP contribution in [-0.2, 0) is 28.8 Å². The summed E-state index contributed by atoms with van der Waals surface area (Å²) in [5.74, 6) is -0.537. The standard InChI is InChI=1S/C19H19NO2S.C9H6OS.2C5H8O2.C2H6O.CH4/c1-10-17(12(3)21)19(18(13(4)22)11(2)20-10)15-9-23-16-8-6-5-7-14(15)16;10-5-7-6-11-9-4-2-1-3-8(7)9;2*1-4(6)3-5(2)7;1-2-3;/h5-9,19-20H,1-4H3;1-6H;2*3H2,1-2H3;3H,2H2,1H3;1H4. The molecule has 280 valence electrons. The van der Waals surface area contributed by atoms with Crippen LogP contribution in [0.15, 0.2) is 81.8 Å². The predicted octanol–water partition coefficient (Wildman–Crippen LogP) is 8.77. The van der Waals surface area contributed by atoms with Crippen molar-refractivity contribution in [3.05, 3.63) is 93.0 Å². The number of hydrogen-bond acceptors (Lipinski definition) is 11. The van der Waals surface area contributed by atoms with E-state index < -0.39 is 0 Å². The Bertz CT molecular complexity index is 1860. The first kappa shape index (κ1) is 47.3. The molecule has 0 radical (unpaired) electrons. The number of dihydropyridines is 1. The highest BCUT2D eigenvalue weighted by atomic mass is 32.1. The zero-order valence-corrected chi connectivity index (χ0v) is 32.3. The van der Waals surface area contributed by atoms with Gasteiger partial charge in [-0.15, -0.1) is 22.7 Å². The van der Waals surface area contributed by atoms with E-state index in [1.54, 1.807) is 43.4 Å². The molecule has 1 aliphatic rings. The van der Waals surface area contributed by atoms with Crippen molar-refractivity contribution >= 4 is 83.8 Å². The van der Waals surface area contributed by atoms with Crippen LogP contribution in [0.1, 0.15) is 104 Å². The van der Waals surface area contributed by atoms with Crippen molar-refractivity contribution in [1.82, 2.24) is 5.32 Å². The van der Waals surface area contributed by atoms with Gasteiger partial charge >= 0.3 is 0 Å². The number of carbonyl (C=O) groups is 7. The molecule has 9 nitrogen and oxygen atoms in total. The second kappa shape index (κ2) is 23.7. The number of aliphatic hydroxyl groups excluding tert-OH is 1. The molecule has 0 aliphatic carbocycles. The van der Waals surface area contributed by atoms with Crippen LogP contribution in [0.3, 0.4) is 0 Å². The van der Waals surface area contributed by atoms with Crippen LogP contribution in [0.2, 0.25) is 0 Å². The summed E-state index contributed by atoms with van der Waals surface area (Å²) in [5.41, 5.74) is 4.88. The van der Waals surface area contributed by atoms with Gasteiger partial charge in [0.05, 0.1) is 12.8 Å². The molecule has 52 heavy (non-hydrogen) atoms. The third kappa shape index (κ3) is 14.9. The summed E-state index contributed by atoms with van der Waals surface area (Å²) in [7, 11) is 0. The Morgan fingerprint density at radius 1 is 0.673 bits per heavy atom. The van der Waals surface area contributed by atoms with E-state index in [9.17, 15) is 33.6 Å². The molecule has 11 heteroatoms. The van der Waals surface area contributed by atoms with E-state index in [0.717, 1.165) is 39.6 Å². The fraction of sp³-hybridized carbons (Fsp3) is 0.341. The lowest BCUT2D eigenvalue weighted by Gasteiger charge is -2.30. The van der Waals surface area contributed by atoms with Gasteiger partial charge in [0, 0.05) is 60.8 Å². The summed E-state index contributed by atoms with van der Waals surface area (Å²) in [6.45, 7) is 14.5. The van der Waals surface area contributed by atoms with Gasteiger partial charge in [-0.1, -0.05) is 43.8 Å². The van der Waals surface area contributed by atoms with Crippen LogP contribution in [0.25, 0.3) is 20.2 Å². The second-order valence-corrected chi connectivity index (χ2v) is 13.5. The number of nitrogens with one attached hydrogen (secondary N) is 1. The maximum Gasteiger partial charge on any atom is 0.158 e. The fourth-order valence-electron chi connectivity index (χ4n) is 5.25. The quantitative estimate of drug-likeness (QED) is 0.133. The number of allylic oxidation sites excluding steroid dienone is 4. The van der Waals surface area contributed by atoms with Crippen molar-refractivity contribution in [1.29, 1.82) is 0 Å². The van der Waals surface area contributed by atoms with Crippen molar-refractivity contribution < 1.29 is 38.7 Å². The molecule has 0 amide bonds. The maximum atomic E-state index is 12.3. The third-order valence-corrected chi connectivity index (χ3v) is 8.94. The molecular formula is C41H51NO8S2. The number of benzene rings is 2. The lowest BCUT2D eigenvalue weighted by molar-refractivity contribution is -0.126. The molecule has 0 saturated carbocycles. The van der Waals surface area contributed by atoms with Crippen molar-refractivity contribution in [2.75, 3.05) is 6.61 Å². The van der Waals surface area contributed by atoms with Crippen molar-refractivity contribution in [3.8, 4) is 0 Å². The number of ketones is 6. The molecule has 0 bridgehead atoms. The summed E-state index contributed by atoms with van der Waals surface area (Å²) >= 11 is 3.26. The Morgan fingerprint density at radius 2 is 1.04 bits per heavy atom. The Kier molecular flexibility index (Phi) is 21.6. The molecule has 0 spiro atoms. The molecule has 0 atom stereocenters. The van der Waals surface area contributed by atoms with Gasteiger partial charge < -0.3 is 10.4 Å². The molecule has 1 aliphatic heterocycles. The molecule has 0 fully saturated rings. The van der Waals surface area contributed by atoms with Crippen molar-refractivity contribution in [2.24, 2.45) is 0 Å². The van der Waals surface area contributed by atoms with Crippen LogP contribution in [0.4, 0.5) is 0 Å². The molecule has 3 heterocycles. The zero-order chi connectivity index (χ0) is 38.8. The molecule has 5 rings (SSSR count). The first-order valence-electron chi connectivity index (χ1n) is 16.2. The summed E-state index contributed by atoms with van der Waals surface area (Å²) < 4.78 is 2.34. The highest BCUT2D eigenvalue weighted by Crippen LogP contribution is 2.43. The molecule has 2 N–H and O–H groups in total. The lowest BCUT2D eigenvalue weighted by atomic mass is 9.77. The first-order chi connectivity index (χ1) is 24.0. The molecule has 0 saturated heterocycles. The number of thiophene rings is 2. The van der Waals surface area contributed by atoms with Gasteiger partial charge in [0.1, 0.15) is 23.1 Å². The minimum atomic E-state index is -0.289. The Labute approximate surface area is 314 Å². The summed E-state index contributed by atoms with van der Waals surface area (Å²) in [6, 6.07) is 16.0. The van der Waals surface area contributed by atoms with E-state index in [-0.39, 0.29) is 67.5 Å². The number of hydrogen-bond donors (Lipinski definition) is 2. The average Bonchev–Trinajstić information content (AvgIpc) is 3.64. The van der Waals surface area contributed by atoms with Gasteiger partial charge in [-0.25, -0.2) is 0 Å². The van der Waals surface area contributed by atoms with E-state index in [1.165, 1.54) is 37.1 Å². The third-order valence-electron chi connectivity index (χ3n) is 6.97. The SMILES string of the molecule is C.CC(=O)C1=C(C)NC(C)=C(C(C)=O)C1c1csc2ccccc12.CC(=O)CC(C)=O.CC(=O)CC(C)=O.CCO.O=Cc1csc2ccccc12. The minimum Gasteiger partial charge on any atom is -0.397 e. The van der Waals surface area contributed by atoms with Crippen LogP contribution < -0.4 is 5.32 Å². The number of aliphatic hydroxyl groups is 1. The zero-order valence-electron chi connectivity index (χ0n) is 30.7. The molecule has 2 aromatic heterocycles. The van der Waals surface area contributed by atoms with Crippen LogP contribution in [0.5, 0.6) is 0 Å². The van der Waals surface area contributed by atoms with Crippen LogP contribution in [-0.4, -0.2) is 52.7 Å². The van der Waals surface area contributed by atoms with E-state index in [2.05, 4.69) is 22.8 Å². The van der Waals surface area contributed by atoms with E-state index in [1.807, 2.05) is 55.6 Å². The number of aldehydes is 1. The van der Waals surface area contributed by atoms with Gasteiger partial charge in [0.15, 0.2) is 17.9 Å². The Morgan fingerprint density at radius 3 is 1.40 bits per heavy atom. The summed E-state index contributed by atoms with van der Waals surface area (Å²) in [6.07, 6.45) is 1.07. The van der Waals surface area contributed by atoms with Crippen LogP contribution >= 0.6 is 22.7 Å². The van der Waals surface area contributed by atoms with Gasteiger partial charge in [0.25, 0.3) is 0 Å².